The smallest absolute Gasteiger partial charge is 0.224 e. The van der Waals surface area contributed by atoms with Crippen LogP contribution in [0.2, 0.25) is 0 Å². The van der Waals surface area contributed by atoms with Crippen molar-refractivity contribution in [3.05, 3.63) is 29.8 Å². The summed E-state index contributed by atoms with van der Waals surface area (Å²) in [5.41, 5.74) is 0.612. The SMILES string of the molecule is CC(C#N)S(=O)(=O)NCc1ccc(S(C)(=O)=O)cc1. The number of sulfone groups is 1. The van der Waals surface area contributed by atoms with E-state index in [4.69, 9.17) is 5.26 Å². The summed E-state index contributed by atoms with van der Waals surface area (Å²) in [4.78, 5) is 0.171. The highest BCUT2D eigenvalue weighted by molar-refractivity contribution is 7.90. The number of rotatable bonds is 5. The van der Waals surface area contributed by atoms with Gasteiger partial charge >= 0.3 is 0 Å². The Balaban J connectivity index is 2.79. The van der Waals surface area contributed by atoms with Gasteiger partial charge in [0, 0.05) is 12.8 Å². The number of hydrogen-bond acceptors (Lipinski definition) is 5. The van der Waals surface area contributed by atoms with Crippen molar-refractivity contribution < 1.29 is 16.8 Å². The highest BCUT2D eigenvalue weighted by Crippen LogP contribution is 2.10. The summed E-state index contributed by atoms with van der Waals surface area (Å²) in [6.45, 7) is 1.30. The molecule has 0 aliphatic carbocycles. The van der Waals surface area contributed by atoms with Crippen LogP contribution in [-0.4, -0.2) is 28.3 Å². The first kappa shape index (κ1) is 15.6. The summed E-state index contributed by atoms with van der Waals surface area (Å²) in [5.74, 6) is 0. The maximum atomic E-state index is 11.5. The fourth-order valence-corrected chi connectivity index (χ4v) is 2.62. The molecule has 0 amide bonds. The molecule has 6 nitrogen and oxygen atoms in total. The molecule has 0 radical (unpaired) electrons. The molecule has 0 spiro atoms. The van der Waals surface area contributed by atoms with Gasteiger partial charge in [0.15, 0.2) is 15.1 Å². The molecule has 0 bridgehead atoms. The molecule has 1 aromatic carbocycles. The molecule has 1 unspecified atom stereocenters. The molecule has 1 atom stereocenters. The predicted molar refractivity (Wildman–Crippen MR) is 70.4 cm³/mol. The largest absolute Gasteiger partial charge is 0.227 e. The highest BCUT2D eigenvalue weighted by Gasteiger charge is 2.19. The van der Waals surface area contributed by atoms with Crippen molar-refractivity contribution >= 4 is 19.9 Å². The van der Waals surface area contributed by atoms with E-state index in [1.807, 2.05) is 0 Å². The van der Waals surface area contributed by atoms with Gasteiger partial charge in [0.2, 0.25) is 10.0 Å². The lowest BCUT2D eigenvalue weighted by Crippen LogP contribution is -2.31. The van der Waals surface area contributed by atoms with E-state index in [1.54, 1.807) is 6.07 Å². The number of sulfonamides is 1. The fraction of sp³-hybridized carbons (Fsp3) is 0.364. The Kier molecular flexibility index (Phi) is 4.68. The summed E-state index contributed by atoms with van der Waals surface area (Å²) >= 11 is 0. The average Bonchev–Trinajstić information content (AvgIpc) is 2.35. The minimum Gasteiger partial charge on any atom is -0.224 e. The number of benzene rings is 1. The highest BCUT2D eigenvalue weighted by atomic mass is 32.2. The third-order valence-corrected chi connectivity index (χ3v) is 5.19. The Bertz CT molecular complexity index is 685. The van der Waals surface area contributed by atoms with Crippen LogP contribution in [0.1, 0.15) is 12.5 Å². The van der Waals surface area contributed by atoms with Crippen LogP contribution in [0.25, 0.3) is 0 Å². The van der Waals surface area contributed by atoms with Gasteiger partial charge in [-0.05, 0) is 24.6 Å². The summed E-state index contributed by atoms with van der Waals surface area (Å²) in [7, 11) is -6.94. The van der Waals surface area contributed by atoms with E-state index < -0.39 is 25.1 Å². The lowest BCUT2D eigenvalue weighted by atomic mass is 10.2. The van der Waals surface area contributed by atoms with Crippen molar-refractivity contribution in [1.29, 1.82) is 5.26 Å². The fourth-order valence-electron chi connectivity index (χ4n) is 1.23. The number of hydrogen-bond donors (Lipinski definition) is 1. The minimum atomic E-state index is -3.68. The monoisotopic (exact) mass is 302 g/mol. The normalized spacial score (nSPS) is 13.7. The lowest BCUT2D eigenvalue weighted by Gasteiger charge is -2.08. The van der Waals surface area contributed by atoms with Gasteiger partial charge < -0.3 is 0 Å². The van der Waals surface area contributed by atoms with Crippen molar-refractivity contribution in [3.8, 4) is 6.07 Å². The maximum Gasteiger partial charge on any atom is 0.227 e. The van der Waals surface area contributed by atoms with Gasteiger partial charge in [-0.3, -0.25) is 0 Å². The van der Waals surface area contributed by atoms with E-state index >= 15 is 0 Å². The molecule has 1 N–H and O–H groups in total. The quantitative estimate of drug-likeness (QED) is 0.849. The summed E-state index contributed by atoms with van der Waals surface area (Å²) in [6.07, 6.45) is 1.10. The van der Waals surface area contributed by atoms with Gasteiger partial charge in [0.1, 0.15) is 0 Å². The van der Waals surface area contributed by atoms with Crippen LogP contribution in [0.5, 0.6) is 0 Å². The minimum absolute atomic E-state index is 0.0123. The zero-order chi connectivity index (χ0) is 14.7. The first-order valence-corrected chi connectivity index (χ1v) is 8.77. The lowest BCUT2D eigenvalue weighted by molar-refractivity contribution is 0.576. The Morgan fingerprint density at radius 2 is 1.74 bits per heavy atom. The predicted octanol–water partition coefficient (Wildman–Crippen LogP) is 0.422. The van der Waals surface area contributed by atoms with Gasteiger partial charge in [-0.2, -0.15) is 5.26 Å². The van der Waals surface area contributed by atoms with Crippen LogP contribution in [0, 0.1) is 11.3 Å². The first-order valence-electron chi connectivity index (χ1n) is 5.34. The standard InChI is InChI=1S/C11H14N2O4S2/c1-9(7-12)19(16,17)13-8-10-3-5-11(6-4-10)18(2,14)15/h3-6,9,13H,8H2,1-2H3. The van der Waals surface area contributed by atoms with Crippen molar-refractivity contribution in [3.63, 3.8) is 0 Å². The number of nitrogens with one attached hydrogen (secondary N) is 1. The van der Waals surface area contributed by atoms with E-state index in [1.165, 1.54) is 31.2 Å². The Hall–Kier alpha value is -1.43. The van der Waals surface area contributed by atoms with E-state index in [0.717, 1.165) is 6.26 Å². The zero-order valence-electron chi connectivity index (χ0n) is 10.5. The van der Waals surface area contributed by atoms with E-state index in [2.05, 4.69) is 4.72 Å². The molecule has 8 heteroatoms. The molecule has 0 saturated heterocycles. The van der Waals surface area contributed by atoms with Crippen molar-refractivity contribution in [2.24, 2.45) is 0 Å². The molecular formula is C11H14N2O4S2. The molecule has 0 saturated carbocycles. The van der Waals surface area contributed by atoms with Gasteiger partial charge in [0.25, 0.3) is 0 Å². The Morgan fingerprint density at radius 3 is 2.16 bits per heavy atom. The Labute approximate surface area is 113 Å². The van der Waals surface area contributed by atoms with Crippen LogP contribution < -0.4 is 4.72 Å². The summed E-state index contributed by atoms with van der Waals surface area (Å²) < 4.78 is 47.8. The van der Waals surface area contributed by atoms with Crippen molar-refractivity contribution in [2.45, 2.75) is 23.6 Å². The molecule has 0 aliphatic rings. The molecule has 0 heterocycles. The average molecular weight is 302 g/mol. The van der Waals surface area contributed by atoms with Crippen molar-refractivity contribution in [1.82, 2.24) is 4.72 Å². The van der Waals surface area contributed by atoms with Crippen LogP contribution in [0.3, 0.4) is 0 Å². The first-order chi connectivity index (χ1) is 8.66. The second-order valence-corrected chi connectivity index (χ2v) is 8.16. The molecule has 0 fully saturated rings. The molecular weight excluding hydrogens is 288 g/mol. The third kappa shape index (κ3) is 4.31. The van der Waals surface area contributed by atoms with E-state index in [-0.39, 0.29) is 11.4 Å². The second kappa shape index (κ2) is 5.69. The summed E-state index contributed by atoms with van der Waals surface area (Å²) in [6, 6.07) is 7.51. The van der Waals surface area contributed by atoms with Crippen LogP contribution in [0.4, 0.5) is 0 Å². The number of nitrogens with zero attached hydrogens (tertiary/aromatic N) is 1. The van der Waals surface area contributed by atoms with Gasteiger partial charge in [-0.1, -0.05) is 12.1 Å². The van der Waals surface area contributed by atoms with E-state index in [9.17, 15) is 16.8 Å². The second-order valence-electron chi connectivity index (χ2n) is 4.05. The maximum absolute atomic E-state index is 11.5. The van der Waals surface area contributed by atoms with E-state index in [0.29, 0.717) is 5.56 Å². The van der Waals surface area contributed by atoms with Gasteiger partial charge in [0.05, 0.1) is 11.0 Å². The van der Waals surface area contributed by atoms with Crippen molar-refractivity contribution in [2.75, 3.05) is 6.26 Å². The summed E-state index contributed by atoms with van der Waals surface area (Å²) in [5, 5.41) is 7.42. The zero-order valence-corrected chi connectivity index (χ0v) is 12.1. The van der Waals surface area contributed by atoms with Gasteiger partial charge in [-0.15, -0.1) is 0 Å². The third-order valence-electron chi connectivity index (χ3n) is 2.48. The topological polar surface area (TPSA) is 104 Å². The molecule has 1 aromatic rings. The van der Waals surface area contributed by atoms with Crippen LogP contribution >= 0.6 is 0 Å². The molecule has 19 heavy (non-hydrogen) atoms. The number of nitriles is 1. The van der Waals surface area contributed by atoms with Crippen LogP contribution in [0.15, 0.2) is 29.2 Å². The molecule has 0 aromatic heterocycles. The molecule has 104 valence electrons. The molecule has 0 aliphatic heterocycles. The molecule has 1 rings (SSSR count). The Morgan fingerprint density at radius 1 is 1.21 bits per heavy atom. The van der Waals surface area contributed by atoms with Gasteiger partial charge in [-0.25, -0.2) is 21.6 Å². The van der Waals surface area contributed by atoms with Crippen LogP contribution in [-0.2, 0) is 26.4 Å².